The van der Waals surface area contributed by atoms with E-state index < -0.39 is 18.5 Å². The number of ether oxygens (including phenoxy) is 1. The van der Waals surface area contributed by atoms with E-state index in [0.29, 0.717) is 10.6 Å². The maximum atomic E-state index is 12.2. The molecule has 3 heterocycles. The summed E-state index contributed by atoms with van der Waals surface area (Å²) in [6, 6.07) is 7.64. The lowest BCUT2D eigenvalue weighted by molar-refractivity contribution is -0.119. The summed E-state index contributed by atoms with van der Waals surface area (Å²) in [7, 11) is 0. The Balaban J connectivity index is 1.33. The normalized spacial score (nSPS) is 13.9. The largest absolute Gasteiger partial charge is 0.451 e. The van der Waals surface area contributed by atoms with E-state index in [1.807, 2.05) is 24.3 Å². The number of carbonyl (C=O) groups excluding carboxylic acids is 2. The molecule has 1 aliphatic heterocycles. The van der Waals surface area contributed by atoms with Crippen LogP contribution >= 0.6 is 22.9 Å². The van der Waals surface area contributed by atoms with Gasteiger partial charge in [0, 0.05) is 36.0 Å². The molecule has 1 saturated heterocycles. The Bertz CT molecular complexity index is 976. The first kappa shape index (κ1) is 17.8. The molecule has 3 aromatic rings. The number of nitrogens with zero attached hydrogens (tertiary/aromatic N) is 3. The van der Waals surface area contributed by atoms with Crippen LogP contribution in [0.25, 0.3) is 4.96 Å². The molecule has 0 radical (unpaired) electrons. The molecule has 0 atom stereocenters. The number of benzene rings is 1. The van der Waals surface area contributed by atoms with E-state index >= 15 is 0 Å². The second-order valence-electron chi connectivity index (χ2n) is 6.17. The number of amides is 1. The zero-order valence-corrected chi connectivity index (χ0v) is 15.9. The van der Waals surface area contributed by atoms with Crippen molar-refractivity contribution in [1.29, 1.82) is 0 Å². The molecule has 0 spiro atoms. The van der Waals surface area contributed by atoms with Crippen LogP contribution in [0.15, 0.2) is 35.8 Å². The number of halogens is 1. The highest BCUT2D eigenvalue weighted by Gasteiger charge is 2.21. The van der Waals surface area contributed by atoms with E-state index in [0.717, 1.165) is 18.8 Å². The van der Waals surface area contributed by atoms with Crippen LogP contribution in [0.4, 0.5) is 11.4 Å². The van der Waals surface area contributed by atoms with Gasteiger partial charge in [-0.2, -0.15) is 0 Å². The predicted molar refractivity (Wildman–Crippen MR) is 105 cm³/mol. The summed E-state index contributed by atoms with van der Waals surface area (Å²) in [6.07, 6.45) is 4.10. The number of esters is 1. The maximum Gasteiger partial charge on any atom is 0.359 e. The SMILES string of the molecule is O=C(COC(=O)c1c(Cl)nc2sccn12)Nc1ccc(N2CCCC2)cc1. The molecular weight excluding hydrogens is 388 g/mol. The molecule has 140 valence electrons. The highest BCUT2D eigenvalue weighted by atomic mass is 35.5. The van der Waals surface area contributed by atoms with Crippen molar-refractivity contribution in [1.82, 2.24) is 9.38 Å². The van der Waals surface area contributed by atoms with Gasteiger partial charge in [-0.1, -0.05) is 11.6 Å². The second-order valence-corrected chi connectivity index (χ2v) is 7.40. The topological polar surface area (TPSA) is 75.9 Å². The number of fused-ring (bicyclic) bond motifs is 1. The fourth-order valence-electron chi connectivity index (χ4n) is 3.07. The maximum absolute atomic E-state index is 12.2. The van der Waals surface area contributed by atoms with Gasteiger partial charge in [-0.25, -0.2) is 9.78 Å². The average Bonchev–Trinajstić information content (AvgIpc) is 3.38. The van der Waals surface area contributed by atoms with Crippen LogP contribution in [-0.2, 0) is 9.53 Å². The van der Waals surface area contributed by atoms with Gasteiger partial charge >= 0.3 is 5.97 Å². The van der Waals surface area contributed by atoms with E-state index in [-0.39, 0.29) is 10.8 Å². The standard InChI is InChI=1S/C18H17ClN4O3S/c19-16-15(23-9-10-27-18(23)21-16)17(25)26-11-14(24)20-12-3-5-13(6-4-12)22-7-1-2-8-22/h3-6,9-10H,1-2,7-8,11H2,(H,20,24). The van der Waals surface area contributed by atoms with Crippen molar-refractivity contribution in [2.24, 2.45) is 0 Å². The molecule has 0 bridgehead atoms. The Morgan fingerprint density at radius 3 is 2.70 bits per heavy atom. The van der Waals surface area contributed by atoms with E-state index in [9.17, 15) is 9.59 Å². The van der Waals surface area contributed by atoms with Crippen molar-refractivity contribution in [2.75, 3.05) is 29.9 Å². The van der Waals surface area contributed by atoms with Gasteiger partial charge in [0.25, 0.3) is 5.91 Å². The van der Waals surface area contributed by atoms with Gasteiger partial charge < -0.3 is 15.0 Å². The van der Waals surface area contributed by atoms with Crippen molar-refractivity contribution in [2.45, 2.75) is 12.8 Å². The smallest absolute Gasteiger partial charge is 0.359 e. The molecule has 1 aliphatic rings. The summed E-state index contributed by atoms with van der Waals surface area (Å²) in [5, 5.41) is 4.56. The average molecular weight is 405 g/mol. The van der Waals surface area contributed by atoms with Crippen LogP contribution in [0, 0.1) is 0 Å². The summed E-state index contributed by atoms with van der Waals surface area (Å²) in [5.41, 5.74) is 1.92. The quantitative estimate of drug-likeness (QED) is 0.659. The Morgan fingerprint density at radius 1 is 1.22 bits per heavy atom. The van der Waals surface area contributed by atoms with E-state index in [1.165, 1.54) is 24.2 Å². The van der Waals surface area contributed by atoms with E-state index in [1.54, 1.807) is 16.0 Å². The lowest BCUT2D eigenvalue weighted by Crippen LogP contribution is -2.22. The van der Waals surface area contributed by atoms with Crippen LogP contribution in [0.1, 0.15) is 23.3 Å². The van der Waals surface area contributed by atoms with Crippen LogP contribution < -0.4 is 10.2 Å². The highest BCUT2D eigenvalue weighted by Crippen LogP contribution is 2.23. The summed E-state index contributed by atoms with van der Waals surface area (Å²) >= 11 is 7.34. The molecule has 0 aliphatic carbocycles. The third-order valence-corrected chi connectivity index (χ3v) is 5.39. The Kier molecular flexibility index (Phi) is 5.00. The number of anilines is 2. The van der Waals surface area contributed by atoms with Crippen LogP contribution in [0.2, 0.25) is 5.15 Å². The molecule has 27 heavy (non-hydrogen) atoms. The van der Waals surface area contributed by atoms with Gasteiger partial charge in [0.2, 0.25) is 0 Å². The number of thiazole rings is 1. The summed E-state index contributed by atoms with van der Waals surface area (Å²) in [5.74, 6) is -1.11. The van der Waals surface area contributed by atoms with Crippen molar-refractivity contribution in [3.05, 3.63) is 46.7 Å². The van der Waals surface area contributed by atoms with Gasteiger partial charge in [0.15, 0.2) is 22.4 Å². The zero-order valence-electron chi connectivity index (χ0n) is 14.4. The fourth-order valence-corrected chi connectivity index (χ4v) is 4.08. The molecule has 1 aromatic carbocycles. The lowest BCUT2D eigenvalue weighted by atomic mass is 10.2. The molecule has 2 aromatic heterocycles. The molecule has 1 fully saturated rings. The number of hydrogen-bond acceptors (Lipinski definition) is 6. The minimum atomic E-state index is -0.689. The monoisotopic (exact) mass is 404 g/mol. The number of imidazole rings is 1. The Labute approximate surface area is 164 Å². The number of hydrogen-bond donors (Lipinski definition) is 1. The van der Waals surface area contributed by atoms with Gasteiger partial charge in [-0.3, -0.25) is 9.20 Å². The van der Waals surface area contributed by atoms with Crippen LogP contribution in [0.3, 0.4) is 0 Å². The molecule has 0 unspecified atom stereocenters. The molecule has 1 amide bonds. The van der Waals surface area contributed by atoms with Gasteiger partial charge in [0.1, 0.15) is 0 Å². The summed E-state index contributed by atoms with van der Waals surface area (Å²) in [4.78, 5) is 31.3. The second kappa shape index (κ2) is 7.58. The molecule has 1 N–H and O–H groups in total. The van der Waals surface area contributed by atoms with Crippen molar-refractivity contribution in [3.8, 4) is 0 Å². The van der Waals surface area contributed by atoms with Crippen molar-refractivity contribution in [3.63, 3.8) is 0 Å². The first-order chi connectivity index (χ1) is 13.1. The van der Waals surface area contributed by atoms with Crippen molar-refractivity contribution < 1.29 is 14.3 Å². The molecule has 4 rings (SSSR count). The minimum Gasteiger partial charge on any atom is -0.451 e. The minimum absolute atomic E-state index is 0.0600. The fraction of sp³-hybridized carbons (Fsp3) is 0.278. The van der Waals surface area contributed by atoms with E-state index in [4.69, 9.17) is 16.3 Å². The van der Waals surface area contributed by atoms with Gasteiger partial charge in [-0.05, 0) is 37.1 Å². The van der Waals surface area contributed by atoms with Crippen LogP contribution in [0.5, 0.6) is 0 Å². The van der Waals surface area contributed by atoms with Gasteiger partial charge in [0.05, 0.1) is 0 Å². The van der Waals surface area contributed by atoms with E-state index in [2.05, 4.69) is 15.2 Å². The third-order valence-electron chi connectivity index (χ3n) is 4.37. The van der Waals surface area contributed by atoms with Gasteiger partial charge in [-0.15, -0.1) is 11.3 Å². The molecular formula is C18H17ClN4O3S. The Hall–Kier alpha value is -2.58. The Morgan fingerprint density at radius 2 is 1.96 bits per heavy atom. The van der Waals surface area contributed by atoms with Crippen LogP contribution in [-0.4, -0.2) is 41.0 Å². The zero-order chi connectivity index (χ0) is 18.8. The first-order valence-corrected chi connectivity index (χ1v) is 9.80. The number of nitrogens with one attached hydrogen (secondary N) is 1. The molecule has 7 nitrogen and oxygen atoms in total. The molecule has 9 heteroatoms. The first-order valence-electron chi connectivity index (χ1n) is 8.55. The summed E-state index contributed by atoms with van der Waals surface area (Å²) in [6.45, 7) is 1.73. The number of aromatic nitrogens is 2. The number of rotatable bonds is 5. The summed E-state index contributed by atoms with van der Waals surface area (Å²) < 4.78 is 6.63. The molecule has 0 saturated carbocycles. The van der Waals surface area contributed by atoms with Crippen molar-refractivity contribution >= 4 is 51.1 Å². The lowest BCUT2D eigenvalue weighted by Gasteiger charge is -2.17. The third kappa shape index (κ3) is 3.77. The predicted octanol–water partition coefficient (Wildman–Crippen LogP) is 3.44. The highest BCUT2D eigenvalue weighted by molar-refractivity contribution is 7.15. The number of carbonyl (C=O) groups is 2.